The van der Waals surface area contributed by atoms with E-state index in [0.29, 0.717) is 22.9 Å². The molecule has 0 amide bonds. The van der Waals surface area contributed by atoms with Crippen molar-refractivity contribution in [2.24, 2.45) is 0 Å². The highest BCUT2D eigenvalue weighted by atomic mass is 19.4. The third-order valence-electron chi connectivity index (χ3n) is 5.12. The number of phenolic OH excluding ortho intramolecular Hbond substituents is 1. The van der Waals surface area contributed by atoms with Crippen LogP contribution in [0.3, 0.4) is 0 Å². The molecular weight excluding hydrogens is 345 g/mol. The van der Waals surface area contributed by atoms with Crippen molar-refractivity contribution in [3.8, 4) is 17.0 Å². The minimum Gasteiger partial charge on any atom is -0.507 e. The first-order valence-electron chi connectivity index (χ1n) is 8.60. The number of rotatable bonds is 2. The smallest absolute Gasteiger partial charge is 0.416 e. The predicted molar refractivity (Wildman–Crippen MR) is 91.2 cm³/mol. The lowest BCUT2D eigenvalue weighted by Crippen LogP contribution is -2.35. The zero-order chi connectivity index (χ0) is 18.5. The summed E-state index contributed by atoms with van der Waals surface area (Å²) in [5, 5.41) is 22.0. The van der Waals surface area contributed by atoms with Gasteiger partial charge >= 0.3 is 6.18 Å². The van der Waals surface area contributed by atoms with Crippen LogP contribution < -0.4 is 10.2 Å². The number of hydrogen-bond donors (Lipinski definition) is 2. The maximum absolute atomic E-state index is 12.9. The first-order chi connectivity index (χ1) is 12.3. The summed E-state index contributed by atoms with van der Waals surface area (Å²) in [6, 6.07) is 4.01. The summed E-state index contributed by atoms with van der Waals surface area (Å²) in [6.07, 6.45) is -2.63. The molecule has 2 aliphatic rings. The molecule has 0 bridgehead atoms. The Balaban J connectivity index is 1.70. The first-order valence-corrected chi connectivity index (χ1v) is 8.60. The van der Waals surface area contributed by atoms with Gasteiger partial charge in [0.2, 0.25) is 0 Å². The van der Waals surface area contributed by atoms with Crippen molar-refractivity contribution in [3.63, 3.8) is 0 Å². The summed E-state index contributed by atoms with van der Waals surface area (Å²) in [5.74, 6) is 0.410. The van der Waals surface area contributed by atoms with Crippen molar-refractivity contribution in [3.05, 3.63) is 34.9 Å². The number of nitrogens with one attached hydrogen (secondary N) is 1. The summed E-state index contributed by atoms with van der Waals surface area (Å²) >= 11 is 0. The molecule has 2 aliphatic heterocycles. The van der Waals surface area contributed by atoms with Crippen molar-refractivity contribution in [1.29, 1.82) is 0 Å². The number of hydrogen-bond acceptors (Lipinski definition) is 5. The van der Waals surface area contributed by atoms with E-state index in [0.717, 1.165) is 56.0 Å². The minimum atomic E-state index is -4.50. The van der Waals surface area contributed by atoms with E-state index in [4.69, 9.17) is 0 Å². The number of benzene rings is 1. The van der Waals surface area contributed by atoms with Crippen LogP contribution in [0.15, 0.2) is 18.2 Å². The molecule has 1 aromatic heterocycles. The molecule has 1 fully saturated rings. The first kappa shape index (κ1) is 17.1. The molecule has 0 unspecified atom stereocenters. The van der Waals surface area contributed by atoms with Gasteiger partial charge in [-0.1, -0.05) is 0 Å². The Labute approximate surface area is 148 Å². The summed E-state index contributed by atoms with van der Waals surface area (Å²) in [5.41, 5.74) is 1.17. The number of alkyl halides is 3. The van der Waals surface area contributed by atoms with Crippen LogP contribution in [0.1, 0.15) is 23.1 Å². The maximum Gasteiger partial charge on any atom is 0.416 e. The maximum atomic E-state index is 12.9. The highest BCUT2D eigenvalue weighted by Gasteiger charge is 2.33. The molecule has 0 radical (unpaired) electrons. The molecule has 1 aromatic carbocycles. The number of halogens is 3. The predicted octanol–water partition coefficient (Wildman–Crippen LogP) is 2.90. The van der Waals surface area contributed by atoms with E-state index in [1.54, 1.807) is 0 Å². The van der Waals surface area contributed by atoms with Gasteiger partial charge in [0, 0.05) is 30.3 Å². The van der Waals surface area contributed by atoms with E-state index in [-0.39, 0.29) is 0 Å². The molecule has 0 spiro atoms. The molecular formula is C18H19F3N4O. The fourth-order valence-corrected chi connectivity index (χ4v) is 3.85. The lowest BCUT2D eigenvalue weighted by atomic mass is 9.99. The number of aryl methyl sites for hydroxylation is 1. The van der Waals surface area contributed by atoms with Crippen LogP contribution in [0.5, 0.6) is 5.75 Å². The van der Waals surface area contributed by atoms with E-state index in [1.807, 2.05) is 6.07 Å². The standard InChI is InChI=1S/C18H19F3N4O/c1-10-6-12(18(19,20)21)8-15(26)16(10)14-7-11-3-5-25(17(11)24-23-14)13-2-4-22-9-13/h6-8,13,22,26H,2-5,9H2,1H3/t13-/m1/s1. The molecule has 2 aromatic rings. The Morgan fingerprint density at radius 3 is 2.69 bits per heavy atom. The van der Waals surface area contributed by atoms with E-state index >= 15 is 0 Å². The van der Waals surface area contributed by atoms with Gasteiger partial charge in [-0.15, -0.1) is 10.2 Å². The lowest BCUT2D eigenvalue weighted by molar-refractivity contribution is -0.137. The van der Waals surface area contributed by atoms with Gasteiger partial charge in [-0.2, -0.15) is 13.2 Å². The van der Waals surface area contributed by atoms with Crippen LogP contribution in [-0.2, 0) is 12.6 Å². The average molecular weight is 364 g/mol. The van der Waals surface area contributed by atoms with Crippen molar-refractivity contribution < 1.29 is 18.3 Å². The molecule has 26 heavy (non-hydrogen) atoms. The second-order valence-electron chi connectivity index (χ2n) is 6.85. The molecule has 2 N–H and O–H groups in total. The van der Waals surface area contributed by atoms with Crippen molar-refractivity contribution >= 4 is 5.82 Å². The van der Waals surface area contributed by atoms with Gasteiger partial charge in [0.25, 0.3) is 0 Å². The monoisotopic (exact) mass is 364 g/mol. The quantitative estimate of drug-likeness (QED) is 0.858. The van der Waals surface area contributed by atoms with Gasteiger partial charge in [0.15, 0.2) is 5.82 Å². The second kappa shape index (κ2) is 6.12. The highest BCUT2D eigenvalue weighted by molar-refractivity contribution is 5.73. The number of nitrogens with zero attached hydrogens (tertiary/aromatic N) is 3. The Bertz CT molecular complexity index is 824. The van der Waals surface area contributed by atoms with Crippen LogP contribution in [0.2, 0.25) is 0 Å². The van der Waals surface area contributed by atoms with E-state index in [2.05, 4.69) is 20.4 Å². The topological polar surface area (TPSA) is 61.3 Å². The van der Waals surface area contributed by atoms with Crippen LogP contribution >= 0.6 is 0 Å². The zero-order valence-corrected chi connectivity index (χ0v) is 14.3. The Hall–Kier alpha value is -2.35. The summed E-state index contributed by atoms with van der Waals surface area (Å²) in [7, 11) is 0. The molecule has 5 nitrogen and oxygen atoms in total. The Kier molecular flexibility index (Phi) is 4.02. The van der Waals surface area contributed by atoms with E-state index in [1.165, 1.54) is 6.92 Å². The Morgan fingerprint density at radius 1 is 1.23 bits per heavy atom. The fraction of sp³-hybridized carbons (Fsp3) is 0.444. The fourth-order valence-electron chi connectivity index (χ4n) is 3.85. The molecule has 1 saturated heterocycles. The molecule has 8 heteroatoms. The third-order valence-corrected chi connectivity index (χ3v) is 5.12. The van der Waals surface area contributed by atoms with E-state index < -0.39 is 17.5 Å². The number of aromatic hydroxyl groups is 1. The average Bonchev–Trinajstić information content (AvgIpc) is 3.22. The van der Waals surface area contributed by atoms with E-state index in [9.17, 15) is 18.3 Å². The van der Waals surface area contributed by atoms with Gasteiger partial charge in [0.1, 0.15) is 5.75 Å². The van der Waals surface area contributed by atoms with Crippen molar-refractivity contribution in [2.45, 2.75) is 32.0 Å². The van der Waals surface area contributed by atoms with Gasteiger partial charge in [0.05, 0.1) is 11.3 Å². The van der Waals surface area contributed by atoms with Crippen molar-refractivity contribution in [1.82, 2.24) is 15.5 Å². The van der Waals surface area contributed by atoms with Gasteiger partial charge < -0.3 is 15.3 Å². The molecule has 1 atom stereocenters. The normalized spacial score (nSPS) is 19.8. The van der Waals surface area contributed by atoms with Crippen LogP contribution in [-0.4, -0.2) is 41.0 Å². The number of fused-ring (bicyclic) bond motifs is 1. The summed E-state index contributed by atoms with van der Waals surface area (Å²) < 4.78 is 38.7. The SMILES string of the molecule is Cc1cc(C(F)(F)F)cc(O)c1-c1cc2c(nn1)N([C@@H]1CCNC1)CC2. The lowest BCUT2D eigenvalue weighted by Gasteiger charge is -2.24. The van der Waals surface area contributed by atoms with Gasteiger partial charge in [-0.25, -0.2) is 0 Å². The third kappa shape index (κ3) is 2.88. The second-order valence-corrected chi connectivity index (χ2v) is 6.85. The molecule has 0 aliphatic carbocycles. The van der Waals surface area contributed by atoms with Crippen LogP contribution in [0, 0.1) is 6.92 Å². The van der Waals surface area contributed by atoms with Crippen LogP contribution in [0.25, 0.3) is 11.3 Å². The number of anilines is 1. The summed E-state index contributed by atoms with van der Waals surface area (Å²) in [6.45, 7) is 4.30. The molecule has 3 heterocycles. The largest absolute Gasteiger partial charge is 0.507 e. The highest BCUT2D eigenvalue weighted by Crippen LogP contribution is 2.39. The Morgan fingerprint density at radius 2 is 2.04 bits per heavy atom. The van der Waals surface area contributed by atoms with Crippen molar-refractivity contribution in [2.75, 3.05) is 24.5 Å². The van der Waals surface area contributed by atoms with Gasteiger partial charge in [-0.05, 0) is 50.1 Å². The molecule has 138 valence electrons. The summed E-state index contributed by atoms with van der Waals surface area (Å²) in [4.78, 5) is 2.24. The number of aromatic nitrogens is 2. The molecule has 4 rings (SSSR count). The van der Waals surface area contributed by atoms with Gasteiger partial charge in [-0.3, -0.25) is 0 Å². The molecule has 0 saturated carbocycles. The van der Waals surface area contributed by atoms with Crippen LogP contribution in [0.4, 0.5) is 19.0 Å². The zero-order valence-electron chi connectivity index (χ0n) is 14.3. The number of phenols is 1. The minimum absolute atomic E-state index is 0.300.